The lowest BCUT2D eigenvalue weighted by molar-refractivity contribution is 0.0696. The van der Waals surface area contributed by atoms with Gasteiger partial charge in [-0.1, -0.05) is 54.9 Å². The Balaban J connectivity index is 0.000000288. The number of pyridine rings is 6. The zero-order valence-electron chi connectivity index (χ0n) is 36.6. The number of carbonyl (C=O) groups is 2. The number of aryl methyl sites for hydroxylation is 2. The minimum Gasteiger partial charge on any atom is -0.478 e. The van der Waals surface area contributed by atoms with Gasteiger partial charge in [-0.2, -0.15) is 0 Å². The molecule has 350 valence electrons. The molecule has 0 saturated heterocycles. The number of aromatic carboxylic acids is 1. The number of benzene rings is 2. The van der Waals surface area contributed by atoms with Crippen LogP contribution in [-0.2, 0) is 26.2 Å². The van der Waals surface area contributed by atoms with E-state index < -0.39 is 13.1 Å². The predicted octanol–water partition coefficient (Wildman–Crippen LogP) is 8.18. The van der Waals surface area contributed by atoms with Gasteiger partial charge in [0.15, 0.2) is 0 Å². The number of aromatic nitrogens is 6. The molecular weight excluding hydrogens is 922 g/mol. The lowest BCUT2D eigenvalue weighted by atomic mass is 10.1. The number of anilines is 2. The summed E-state index contributed by atoms with van der Waals surface area (Å²) in [6.45, 7) is 5.04. The number of alkyl halides is 1. The first kappa shape index (κ1) is 52.4. The Morgan fingerprint density at radius 1 is 0.701 bits per heavy atom. The number of carboxylic acid groups (broad SMARTS) is 1. The molecule has 1 amide bonds. The molecule has 0 bridgehead atoms. The van der Waals surface area contributed by atoms with Crippen LogP contribution in [0.2, 0.25) is 10.0 Å². The Hall–Kier alpha value is -7.24. The zero-order valence-corrected chi connectivity index (χ0v) is 37.9. The van der Waals surface area contributed by atoms with Gasteiger partial charge in [0.1, 0.15) is 11.6 Å². The van der Waals surface area contributed by atoms with Crippen LogP contribution in [0.15, 0.2) is 131 Å². The van der Waals surface area contributed by atoms with Crippen molar-refractivity contribution in [3.63, 3.8) is 0 Å². The lowest BCUT2D eigenvalue weighted by Gasteiger charge is -2.10. The molecule has 0 spiro atoms. The smallest absolute Gasteiger partial charge is 0.335 e. The number of carbonyl (C=O) groups excluding carboxylic acids is 1. The van der Waals surface area contributed by atoms with Gasteiger partial charge >= 0.3 is 5.97 Å². The Kier molecular flexibility index (Phi) is 19.9. The van der Waals surface area contributed by atoms with E-state index >= 15 is 0 Å². The van der Waals surface area contributed by atoms with E-state index in [1.165, 1.54) is 29.0 Å². The maximum Gasteiger partial charge on any atom is 0.335 e. The van der Waals surface area contributed by atoms with Crippen LogP contribution in [0.5, 0.6) is 0 Å². The first-order chi connectivity index (χ1) is 31.6. The Morgan fingerprint density at radius 2 is 1.15 bits per heavy atom. The number of nitrogens with two attached hydrogens (primary N) is 3. The van der Waals surface area contributed by atoms with E-state index in [1.807, 2.05) is 32.0 Å². The highest BCUT2D eigenvalue weighted by Crippen LogP contribution is 2.19. The monoisotopic (exact) mass is 971 g/mol. The van der Waals surface area contributed by atoms with Crippen LogP contribution in [0.1, 0.15) is 63.4 Å². The zero-order chi connectivity index (χ0) is 47.9. The number of hydrogen-bond donors (Lipinski definition) is 5. The predicted molar refractivity (Wildman–Crippen MR) is 267 cm³/mol. The Bertz CT molecular complexity index is 3140. The van der Waals surface area contributed by atoms with Gasteiger partial charge < -0.3 is 36.8 Å². The highest BCUT2D eigenvalue weighted by atomic mass is 35.5. The summed E-state index contributed by atoms with van der Waals surface area (Å²) < 4.78 is 18.5. The molecule has 0 radical (unpaired) electrons. The molecule has 0 aliphatic rings. The van der Waals surface area contributed by atoms with Gasteiger partial charge in [0.25, 0.3) is 17.0 Å². The van der Waals surface area contributed by atoms with Crippen molar-refractivity contribution in [3.05, 3.63) is 198 Å². The summed E-state index contributed by atoms with van der Waals surface area (Å²) >= 11 is 12.0. The van der Waals surface area contributed by atoms with Gasteiger partial charge in [-0.3, -0.25) is 28.7 Å². The second-order valence-corrected chi connectivity index (χ2v) is 15.1. The van der Waals surface area contributed by atoms with Crippen molar-refractivity contribution in [3.8, 4) is 0 Å². The molecular formula is C48H50Cl3FN10O5. The van der Waals surface area contributed by atoms with E-state index in [1.54, 1.807) is 83.8 Å². The van der Waals surface area contributed by atoms with Crippen LogP contribution < -0.4 is 33.6 Å². The SMILES string of the molecule is C.Cc1nc(N)ccc1CN.Cc1nc(N)ccc1CNC(=O)c1ccnc(Cn2cc3cc(Cl)ccc3cc2=O)c1.Cl.O=C(O)c1ccnc(Cn2cc3cc(Cl)ccc3cc2=O)c1.[2H]CF. The molecule has 8 N–H and O–H groups in total. The maximum absolute atomic E-state index is 12.6. The van der Waals surface area contributed by atoms with Crippen LogP contribution in [0.3, 0.4) is 0 Å². The number of nitrogen functional groups attached to an aromatic ring is 2. The average molecular weight is 973 g/mol. The molecule has 6 heterocycles. The summed E-state index contributed by atoms with van der Waals surface area (Å²) in [7, 11) is -1.00. The van der Waals surface area contributed by atoms with Crippen LogP contribution in [0.4, 0.5) is 16.0 Å². The highest BCUT2D eigenvalue weighted by molar-refractivity contribution is 6.31. The molecule has 0 atom stereocenters. The molecule has 2 aromatic carbocycles. The second-order valence-electron chi connectivity index (χ2n) is 14.3. The largest absolute Gasteiger partial charge is 0.478 e. The molecule has 15 nitrogen and oxygen atoms in total. The van der Waals surface area contributed by atoms with Crippen LogP contribution in [-0.4, -0.2) is 53.2 Å². The molecule has 8 rings (SSSR count). The standard InChI is InChI=1S/C23H20ClN5O2.C16H11ClN2O3.C7H11N3.CH3F.CH4.ClH/c1-14-17(3-5-21(25)28-14)11-27-23(31)16-6-7-26-20(9-16)13-29-12-18-8-19(24)4-2-15(18)10-22(29)30;17-13-2-1-10-7-15(20)19(8-12(10)5-13)9-14-6-11(16(21)22)3-4-18-14;1-5-6(4-8)2-3-7(9)10-5;1-2;;/h2-10,12H,11,13H2,1H3,(H2,25,28)(H,27,31);1-8H,9H2,(H,21,22);2-3H,4,8H2,1H3,(H2,9,10);1H3;1H4;1H/i;;;1D;;. The van der Waals surface area contributed by atoms with Gasteiger partial charge in [0.05, 0.1) is 38.6 Å². The van der Waals surface area contributed by atoms with E-state index in [-0.39, 0.29) is 55.5 Å². The lowest BCUT2D eigenvalue weighted by Crippen LogP contribution is -2.24. The van der Waals surface area contributed by atoms with Crippen molar-refractivity contribution in [2.75, 3.05) is 18.6 Å². The average Bonchev–Trinajstić information content (AvgIpc) is 3.28. The number of carboxylic acids is 1. The van der Waals surface area contributed by atoms with Crippen LogP contribution >= 0.6 is 35.6 Å². The third kappa shape index (κ3) is 15.2. The molecule has 0 aliphatic carbocycles. The molecule has 0 aliphatic heterocycles. The van der Waals surface area contributed by atoms with Gasteiger partial charge in [-0.25, -0.2) is 14.8 Å². The number of hydrogen-bond acceptors (Lipinski definition) is 11. The third-order valence-electron chi connectivity index (χ3n) is 9.71. The number of halogens is 4. The molecule has 67 heavy (non-hydrogen) atoms. The summed E-state index contributed by atoms with van der Waals surface area (Å²) in [6, 6.07) is 27.1. The molecule has 19 heteroatoms. The fourth-order valence-corrected chi connectivity index (χ4v) is 6.73. The van der Waals surface area contributed by atoms with Crippen molar-refractivity contribution in [2.24, 2.45) is 5.73 Å². The van der Waals surface area contributed by atoms with Crippen LogP contribution in [0.25, 0.3) is 21.5 Å². The number of nitrogens with zero attached hydrogens (tertiary/aromatic N) is 6. The van der Waals surface area contributed by atoms with Gasteiger partial charge in [-0.05, 0) is 107 Å². The van der Waals surface area contributed by atoms with E-state index in [9.17, 15) is 23.6 Å². The van der Waals surface area contributed by atoms with E-state index in [4.69, 9.17) is 46.9 Å². The summed E-state index contributed by atoms with van der Waals surface area (Å²) in [5.41, 5.74) is 21.5. The molecule has 8 aromatic rings. The minimum absolute atomic E-state index is 0. The van der Waals surface area contributed by atoms with E-state index in [0.29, 0.717) is 51.7 Å². The number of rotatable bonds is 9. The normalized spacial score (nSPS) is 10.3. The Labute approximate surface area is 403 Å². The van der Waals surface area contributed by atoms with Crippen molar-refractivity contribution >= 4 is 80.7 Å². The van der Waals surface area contributed by atoms with E-state index in [2.05, 4.69) is 25.3 Å². The second kappa shape index (κ2) is 25.5. The highest BCUT2D eigenvalue weighted by Gasteiger charge is 2.11. The fourth-order valence-electron chi connectivity index (χ4n) is 6.37. The topological polar surface area (TPSA) is 240 Å². The first-order valence-corrected chi connectivity index (χ1v) is 20.3. The number of fused-ring (bicyclic) bond motifs is 2. The van der Waals surface area contributed by atoms with Crippen molar-refractivity contribution in [1.29, 1.82) is 0 Å². The summed E-state index contributed by atoms with van der Waals surface area (Å²) in [4.78, 5) is 64.8. The van der Waals surface area contributed by atoms with Crippen molar-refractivity contribution in [2.45, 2.75) is 47.5 Å². The van der Waals surface area contributed by atoms with E-state index in [0.717, 1.165) is 44.1 Å². The van der Waals surface area contributed by atoms with Crippen LogP contribution in [0, 0.1) is 13.8 Å². The number of nitrogens with one attached hydrogen (secondary N) is 1. The fraction of sp³-hybridized carbons (Fsp3) is 0.167. The molecule has 0 fully saturated rings. The number of amides is 1. The Morgan fingerprint density at radius 3 is 1.60 bits per heavy atom. The maximum atomic E-state index is 12.6. The molecule has 6 aromatic heterocycles. The first-order valence-electron chi connectivity index (χ1n) is 20.3. The third-order valence-corrected chi connectivity index (χ3v) is 10.2. The van der Waals surface area contributed by atoms with Crippen molar-refractivity contribution in [1.82, 2.24) is 34.4 Å². The summed E-state index contributed by atoms with van der Waals surface area (Å²) in [5.74, 6) is -0.272. The van der Waals surface area contributed by atoms with Gasteiger partial charge in [-0.15, -0.1) is 12.4 Å². The van der Waals surface area contributed by atoms with Crippen molar-refractivity contribution < 1.29 is 20.5 Å². The quantitative estimate of drug-likeness (QED) is 0.0920. The minimum atomic E-state index is -1.03. The molecule has 0 saturated carbocycles. The van der Waals surface area contributed by atoms with Gasteiger partial charge in [0, 0.05) is 77.0 Å². The summed E-state index contributed by atoms with van der Waals surface area (Å²) in [5, 5.41) is 16.4. The molecule has 0 unspecified atom stereocenters. The summed E-state index contributed by atoms with van der Waals surface area (Å²) in [6.07, 6.45) is 6.42. The van der Waals surface area contributed by atoms with Gasteiger partial charge in [0.2, 0.25) is 0 Å².